The highest BCUT2D eigenvalue weighted by atomic mass is 16.7. The summed E-state index contributed by atoms with van der Waals surface area (Å²) in [5.74, 6) is -3.74. The maximum absolute atomic E-state index is 11.8. The Morgan fingerprint density at radius 1 is 1.12 bits per heavy atom. The highest BCUT2D eigenvalue weighted by Gasteiger charge is 2.59. The minimum atomic E-state index is -2.46. The van der Waals surface area contributed by atoms with Gasteiger partial charge in [0.2, 0.25) is 0 Å². The van der Waals surface area contributed by atoms with Gasteiger partial charge in [0.1, 0.15) is 0 Å². The van der Waals surface area contributed by atoms with E-state index >= 15 is 0 Å². The zero-order valence-electron chi connectivity index (χ0n) is 13.1. The van der Waals surface area contributed by atoms with Crippen molar-refractivity contribution in [3.8, 4) is 0 Å². The number of ether oxygens (including phenoxy) is 4. The summed E-state index contributed by atoms with van der Waals surface area (Å²) in [5, 5.41) is 3.20. The minimum Gasteiger partial charge on any atom is -0.456 e. The van der Waals surface area contributed by atoms with Gasteiger partial charge < -0.3 is 24.7 Å². The number of amides is 1. The molecular formula is C12H16N4O8. The predicted octanol–water partition coefficient (Wildman–Crippen LogP) is -0.696. The Morgan fingerprint density at radius 2 is 1.67 bits per heavy atom. The topological polar surface area (TPSA) is 180 Å². The van der Waals surface area contributed by atoms with Crippen molar-refractivity contribution in [3.05, 3.63) is 10.4 Å². The number of azide groups is 1. The van der Waals surface area contributed by atoms with Crippen molar-refractivity contribution >= 4 is 23.8 Å². The third-order valence-corrected chi connectivity index (χ3v) is 2.98. The number of hydrogen-bond donors (Lipinski definition) is 1. The van der Waals surface area contributed by atoms with Gasteiger partial charge in [-0.3, -0.25) is 19.2 Å². The van der Waals surface area contributed by atoms with E-state index in [2.05, 4.69) is 10.0 Å². The van der Waals surface area contributed by atoms with Crippen LogP contribution in [0.1, 0.15) is 20.8 Å². The average Bonchev–Trinajstić information content (AvgIpc) is 2.43. The third kappa shape index (κ3) is 4.12. The van der Waals surface area contributed by atoms with Crippen LogP contribution in [0.15, 0.2) is 5.11 Å². The smallest absolute Gasteiger partial charge is 0.303 e. The summed E-state index contributed by atoms with van der Waals surface area (Å²) >= 11 is 0. The summed E-state index contributed by atoms with van der Waals surface area (Å²) < 4.78 is 20.1. The van der Waals surface area contributed by atoms with Gasteiger partial charge in [-0.1, -0.05) is 0 Å². The van der Waals surface area contributed by atoms with E-state index < -0.39 is 54.5 Å². The van der Waals surface area contributed by atoms with Gasteiger partial charge in [-0.15, -0.1) is 0 Å². The number of esters is 3. The molecule has 12 nitrogen and oxygen atoms in total. The molecule has 0 aliphatic carbocycles. The van der Waals surface area contributed by atoms with Crippen molar-refractivity contribution in [1.29, 1.82) is 0 Å². The van der Waals surface area contributed by atoms with Gasteiger partial charge in [-0.05, 0) is 10.6 Å². The first kappa shape index (κ1) is 19.2. The predicted molar refractivity (Wildman–Crippen MR) is 73.7 cm³/mol. The molecule has 2 N–H and O–H groups in total. The fraction of sp³-hybridized carbons (Fsp3) is 0.667. The van der Waals surface area contributed by atoms with Gasteiger partial charge in [0.05, 0.1) is 6.61 Å². The second kappa shape index (κ2) is 7.62. The lowest BCUT2D eigenvalue weighted by molar-refractivity contribution is -0.248. The monoisotopic (exact) mass is 344 g/mol. The Morgan fingerprint density at radius 3 is 2.08 bits per heavy atom. The Bertz CT molecular complexity index is 598. The fourth-order valence-corrected chi connectivity index (χ4v) is 2.19. The Hall–Kier alpha value is -2.85. The van der Waals surface area contributed by atoms with E-state index in [9.17, 15) is 19.2 Å². The van der Waals surface area contributed by atoms with Crippen molar-refractivity contribution in [1.82, 2.24) is 0 Å². The number of nitrogens with two attached hydrogens (primary N) is 1. The molecule has 1 aliphatic heterocycles. The van der Waals surface area contributed by atoms with Crippen LogP contribution in [0.25, 0.3) is 10.4 Å². The van der Waals surface area contributed by atoms with Gasteiger partial charge in [-0.2, -0.15) is 0 Å². The number of primary amides is 1. The number of hydrogen-bond acceptors (Lipinski definition) is 9. The lowest BCUT2D eigenvalue weighted by Crippen LogP contribution is -2.67. The minimum absolute atomic E-state index is 0.489. The number of carbonyl (C=O) groups is 4. The van der Waals surface area contributed by atoms with Crippen molar-refractivity contribution in [2.45, 2.75) is 44.8 Å². The molecule has 0 bridgehead atoms. The van der Waals surface area contributed by atoms with Crippen LogP contribution >= 0.6 is 0 Å². The summed E-state index contributed by atoms with van der Waals surface area (Å²) in [6.45, 7) is 2.65. The standard InChI is InChI=1S/C12H16N4O8/c1-5(17)22-8-4-21-12(11(13)20,15-16-14)10(24-7(3)19)9(8)23-6(2)18/h8-10H,4H2,1-3H3,(H2,13,20)/t8-,9-,10+,12-/m1/s1. The lowest BCUT2D eigenvalue weighted by atomic mass is 9.93. The van der Waals surface area contributed by atoms with Crippen LogP contribution in [0, 0.1) is 0 Å². The van der Waals surface area contributed by atoms with E-state index in [0.717, 1.165) is 20.8 Å². The zero-order valence-corrected chi connectivity index (χ0v) is 13.1. The second-order valence-corrected chi connectivity index (χ2v) is 4.81. The van der Waals surface area contributed by atoms with Crippen molar-refractivity contribution in [2.75, 3.05) is 6.61 Å². The molecule has 0 unspecified atom stereocenters. The molecule has 4 atom stereocenters. The Kier molecular flexibility index (Phi) is 6.09. The lowest BCUT2D eigenvalue weighted by Gasteiger charge is -2.44. The fourth-order valence-electron chi connectivity index (χ4n) is 2.19. The van der Waals surface area contributed by atoms with Crippen molar-refractivity contribution in [2.24, 2.45) is 10.8 Å². The molecule has 132 valence electrons. The average molecular weight is 344 g/mol. The highest BCUT2D eigenvalue weighted by Crippen LogP contribution is 2.33. The van der Waals surface area contributed by atoms with E-state index in [4.69, 9.17) is 30.2 Å². The molecule has 0 saturated carbocycles. The Balaban J connectivity index is 3.41. The first-order valence-corrected chi connectivity index (χ1v) is 6.65. The van der Waals surface area contributed by atoms with Crippen LogP contribution in [-0.2, 0) is 38.1 Å². The van der Waals surface area contributed by atoms with Gasteiger partial charge >= 0.3 is 17.9 Å². The summed E-state index contributed by atoms with van der Waals surface area (Å²) in [6.07, 6.45) is -4.43. The third-order valence-electron chi connectivity index (χ3n) is 2.98. The molecular weight excluding hydrogens is 328 g/mol. The summed E-state index contributed by atoms with van der Waals surface area (Å²) in [6, 6.07) is 0. The second-order valence-electron chi connectivity index (χ2n) is 4.81. The van der Waals surface area contributed by atoms with Crippen LogP contribution in [0.5, 0.6) is 0 Å². The summed E-state index contributed by atoms with van der Waals surface area (Å²) in [4.78, 5) is 48.2. The number of nitrogens with zero attached hydrogens (tertiary/aromatic N) is 3. The van der Waals surface area contributed by atoms with Crippen LogP contribution in [0.3, 0.4) is 0 Å². The van der Waals surface area contributed by atoms with Gasteiger partial charge in [0, 0.05) is 25.7 Å². The van der Waals surface area contributed by atoms with E-state index in [0.29, 0.717) is 0 Å². The maximum atomic E-state index is 11.8. The van der Waals surface area contributed by atoms with Crippen LogP contribution in [0.2, 0.25) is 0 Å². The molecule has 1 saturated heterocycles. The largest absolute Gasteiger partial charge is 0.456 e. The molecule has 1 aliphatic rings. The molecule has 12 heteroatoms. The van der Waals surface area contributed by atoms with Crippen molar-refractivity contribution in [3.63, 3.8) is 0 Å². The van der Waals surface area contributed by atoms with Gasteiger partial charge in [-0.25, -0.2) is 0 Å². The molecule has 0 aromatic rings. The van der Waals surface area contributed by atoms with Crippen LogP contribution < -0.4 is 5.73 Å². The SMILES string of the molecule is CC(=O)O[C@@H]1[C@H](OC(C)=O)CO[C@@](N=[N+]=[N-])(C(N)=O)[C@H]1OC(C)=O. The number of carbonyl (C=O) groups excluding carboxylic acids is 4. The maximum Gasteiger partial charge on any atom is 0.303 e. The van der Waals surface area contributed by atoms with E-state index in [1.54, 1.807) is 0 Å². The molecule has 0 radical (unpaired) electrons. The molecule has 0 spiro atoms. The molecule has 0 aromatic carbocycles. The van der Waals surface area contributed by atoms with E-state index in [-0.39, 0.29) is 0 Å². The van der Waals surface area contributed by atoms with E-state index in [1.807, 2.05) is 0 Å². The Labute approximate surface area is 135 Å². The molecule has 0 aromatic heterocycles. The molecule has 1 rings (SSSR count). The quantitative estimate of drug-likeness (QED) is 0.223. The molecule has 24 heavy (non-hydrogen) atoms. The molecule has 1 amide bonds. The normalized spacial score (nSPS) is 28.9. The van der Waals surface area contributed by atoms with Gasteiger partial charge in [0.25, 0.3) is 11.6 Å². The van der Waals surface area contributed by atoms with Crippen LogP contribution in [-0.4, -0.2) is 54.5 Å². The number of rotatable bonds is 5. The summed E-state index contributed by atoms with van der Waals surface area (Å²) in [5.41, 5.74) is 11.5. The van der Waals surface area contributed by atoms with Gasteiger partial charge in [0.15, 0.2) is 18.3 Å². The molecule has 1 heterocycles. The van der Waals surface area contributed by atoms with Crippen LogP contribution in [0.4, 0.5) is 0 Å². The summed E-state index contributed by atoms with van der Waals surface area (Å²) in [7, 11) is 0. The molecule has 1 fully saturated rings. The van der Waals surface area contributed by atoms with E-state index in [1.165, 1.54) is 0 Å². The zero-order chi connectivity index (χ0) is 18.5. The first-order chi connectivity index (χ1) is 11.1. The van der Waals surface area contributed by atoms with Crippen molar-refractivity contribution < 1.29 is 38.1 Å². The highest BCUT2D eigenvalue weighted by molar-refractivity contribution is 5.85. The first-order valence-electron chi connectivity index (χ1n) is 6.65.